The summed E-state index contributed by atoms with van der Waals surface area (Å²) >= 11 is 4.89. The predicted octanol–water partition coefficient (Wildman–Crippen LogP) is 3.07. The standard InChI is InChI=1S/C15H14N2O2S/c1-10(18)17-13-4-2-3-5-14(13)19-12-8-6-11(7-9-12)15(16)20/h2-9H,1H3,(H2,16,20)(H,17,18). The second-order valence-electron chi connectivity index (χ2n) is 4.17. The van der Waals surface area contributed by atoms with Crippen LogP contribution >= 0.6 is 12.2 Å². The second kappa shape index (κ2) is 6.16. The molecule has 2 aromatic rings. The Labute approximate surface area is 122 Å². The minimum absolute atomic E-state index is 0.148. The molecule has 0 radical (unpaired) electrons. The summed E-state index contributed by atoms with van der Waals surface area (Å²) in [6.45, 7) is 1.45. The number of para-hydroxylation sites is 2. The highest BCUT2D eigenvalue weighted by molar-refractivity contribution is 7.80. The third kappa shape index (κ3) is 3.55. The molecule has 0 aliphatic rings. The average Bonchev–Trinajstić information content (AvgIpc) is 2.41. The van der Waals surface area contributed by atoms with E-state index in [4.69, 9.17) is 22.7 Å². The molecule has 0 fully saturated rings. The summed E-state index contributed by atoms with van der Waals surface area (Å²) in [6.07, 6.45) is 0. The van der Waals surface area contributed by atoms with Crippen LogP contribution in [0.4, 0.5) is 5.69 Å². The Bertz CT molecular complexity index is 639. The smallest absolute Gasteiger partial charge is 0.221 e. The number of hydrogen-bond acceptors (Lipinski definition) is 3. The number of nitrogens with two attached hydrogens (primary N) is 1. The zero-order chi connectivity index (χ0) is 14.5. The zero-order valence-electron chi connectivity index (χ0n) is 10.9. The summed E-state index contributed by atoms with van der Waals surface area (Å²) in [5, 5.41) is 2.72. The van der Waals surface area contributed by atoms with Gasteiger partial charge in [-0.15, -0.1) is 0 Å². The van der Waals surface area contributed by atoms with Crippen molar-refractivity contribution in [3.05, 3.63) is 54.1 Å². The number of benzene rings is 2. The SMILES string of the molecule is CC(=O)Nc1ccccc1Oc1ccc(C(N)=S)cc1. The van der Waals surface area contributed by atoms with Crippen molar-refractivity contribution in [2.24, 2.45) is 5.73 Å². The molecule has 1 amide bonds. The van der Waals surface area contributed by atoms with E-state index >= 15 is 0 Å². The monoisotopic (exact) mass is 286 g/mol. The van der Waals surface area contributed by atoms with Gasteiger partial charge in [-0.1, -0.05) is 24.4 Å². The first-order chi connectivity index (χ1) is 9.56. The van der Waals surface area contributed by atoms with E-state index in [0.717, 1.165) is 5.56 Å². The molecule has 0 aromatic heterocycles. The van der Waals surface area contributed by atoms with Crippen molar-refractivity contribution in [1.82, 2.24) is 0 Å². The Balaban J connectivity index is 2.21. The summed E-state index contributed by atoms with van der Waals surface area (Å²) in [5.74, 6) is 1.07. The molecule has 0 aliphatic heterocycles. The number of hydrogen-bond donors (Lipinski definition) is 2. The molecule has 0 saturated heterocycles. The van der Waals surface area contributed by atoms with E-state index in [1.54, 1.807) is 36.4 Å². The highest BCUT2D eigenvalue weighted by Crippen LogP contribution is 2.29. The van der Waals surface area contributed by atoms with Gasteiger partial charge in [0.1, 0.15) is 10.7 Å². The maximum absolute atomic E-state index is 11.1. The van der Waals surface area contributed by atoms with Crippen LogP contribution in [0, 0.1) is 0 Å². The maximum atomic E-state index is 11.1. The minimum atomic E-state index is -0.148. The molecule has 0 saturated carbocycles. The normalized spacial score (nSPS) is 9.85. The van der Waals surface area contributed by atoms with Gasteiger partial charge < -0.3 is 15.8 Å². The van der Waals surface area contributed by atoms with Crippen LogP contribution in [0.15, 0.2) is 48.5 Å². The Morgan fingerprint density at radius 3 is 2.40 bits per heavy atom. The van der Waals surface area contributed by atoms with Crippen LogP contribution in [0.2, 0.25) is 0 Å². The maximum Gasteiger partial charge on any atom is 0.221 e. The number of anilines is 1. The first kappa shape index (κ1) is 14.0. The molecule has 0 bridgehead atoms. The zero-order valence-corrected chi connectivity index (χ0v) is 11.7. The van der Waals surface area contributed by atoms with E-state index in [2.05, 4.69) is 5.32 Å². The fourth-order valence-corrected chi connectivity index (χ4v) is 1.80. The summed E-state index contributed by atoms with van der Waals surface area (Å²) < 4.78 is 5.75. The van der Waals surface area contributed by atoms with Crippen molar-refractivity contribution in [1.29, 1.82) is 0 Å². The summed E-state index contributed by atoms with van der Waals surface area (Å²) in [5.41, 5.74) is 6.94. The van der Waals surface area contributed by atoms with Gasteiger partial charge in [-0.2, -0.15) is 0 Å². The van der Waals surface area contributed by atoms with Crippen LogP contribution < -0.4 is 15.8 Å². The molecule has 2 aromatic carbocycles. The summed E-state index contributed by atoms with van der Waals surface area (Å²) in [6, 6.07) is 14.4. The van der Waals surface area contributed by atoms with Gasteiger partial charge in [0.25, 0.3) is 0 Å². The van der Waals surface area contributed by atoms with E-state index in [9.17, 15) is 4.79 Å². The molecule has 0 heterocycles. The molecular weight excluding hydrogens is 272 g/mol. The number of carbonyl (C=O) groups is 1. The van der Waals surface area contributed by atoms with Gasteiger partial charge in [0.2, 0.25) is 5.91 Å². The molecule has 0 aliphatic carbocycles. The Kier molecular flexibility index (Phi) is 4.32. The van der Waals surface area contributed by atoms with Gasteiger partial charge in [-0.05, 0) is 36.4 Å². The summed E-state index contributed by atoms with van der Waals surface area (Å²) in [4.78, 5) is 11.5. The molecule has 102 valence electrons. The van der Waals surface area contributed by atoms with Crippen LogP contribution in [-0.2, 0) is 4.79 Å². The van der Waals surface area contributed by atoms with Crippen molar-refractivity contribution in [2.45, 2.75) is 6.92 Å². The van der Waals surface area contributed by atoms with Gasteiger partial charge >= 0.3 is 0 Å². The Hall–Kier alpha value is -2.40. The molecule has 20 heavy (non-hydrogen) atoms. The Morgan fingerprint density at radius 2 is 1.80 bits per heavy atom. The topological polar surface area (TPSA) is 64.3 Å². The van der Waals surface area contributed by atoms with Gasteiger partial charge in [0.15, 0.2) is 5.75 Å². The fraction of sp³-hybridized carbons (Fsp3) is 0.0667. The van der Waals surface area contributed by atoms with Crippen LogP contribution in [0.3, 0.4) is 0 Å². The second-order valence-corrected chi connectivity index (χ2v) is 4.61. The molecule has 0 unspecified atom stereocenters. The first-order valence-corrected chi connectivity index (χ1v) is 6.41. The highest BCUT2D eigenvalue weighted by atomic mass is 32.1. The largest absolute Gasteiger partial charge is 0.455 e. The third-order valence-electron chi connectivity index (χ3n) is 2.56. The quantitative estimate of drug-likeness (QED) is 0.848. The third-order valence-corrected chi connectivity index (χ3v) is 2.80. The summed E-state index contributed by atoms with van der Waals surface area (Å²) in [7, 11) is 0. The fourth-order valence-electron chi connectivity index (χ4n) is 1.66. The van der Waals surface area contributed by atoms with Crippen molar-refractivity contribution in [3.63, 3.8) is 0 Å². The van der Waals surface area contributed by atoms with Gasteiger partial charge in [0, 0.05) is 12.5 Å². The van der Waals surface area contributed by atoms with Gasteiger partial charge in [-0.25, -0.2) is 0 Å². The van der Waals surface area contributed by atoms with Crippen LogP contribution in [0.5, 0.6) is 11.5 Å². The molecule has 0 spiro atoms. The van der Waals surface area contributed by atoms with Crippen molar-refractivity contribution >= 4 is 28.8 Å². The van der Waals surface area contributed by atoms with E-state index < -0.39 is 0 Å². The molecular formula is C15H14N2O2S. The predicted molar refractivity (Wildman–Crippen MR) is 83.1 cm³/mol. The lowest BCUT2D eigenvalue weighted by atomic mass is 10.2. The lowest BCUT2D eigenvalue weighted by Gasteiger charge is -2.11. The Morgan fingerprint density at radius 1 is 1.15 bits per heavy atom. The number of nitrogens with one attached hydrogen (secondary N) is 1. The van der Waals surface area contributed by atoms with Crippen molar-refractivity contribution in [3.8, 4) is 11.5 Å². The van der Waals surface area contributed by atoms with E-state index in [1.807, 2.05) is 12.1 Å². The number of amides is 1. The molecule has 0 atom stereocenters. The number of carbonyl (C=O) groups excluding carboxylic acids is 1. The highest BCUT2D eigenvalue weighted by Gasteiger charge is 2.06. The number of thiocarbonyl (C=S) groups is 1. The van der Waals surface area contributed by atoms with Crippen molar-refractivity contribution in [2.75, 3.05) is 5.32 Å². The van der Waals surface area contributed by atoms with Gasteiger partial charge in [-0.3, -0.25) is 4.79 Å². The van der Waals surface area contributed by atoms with E-state index in [1.165, 1.54) is 6.92 Å². The first-order valence-electron chi connectivity index (χ1n) is 6.00. The molecule has 3 N–H and O–H groups in total. The van der Waals surface area contributed by atoms with Gasteiger partial charge in [0.05, 0.1) is 5.69 Å². The molecule has 5 heteroatoms. The number of rotatable bonds is 4. The lowest BCUT2D eigenvalue weighted by Crippen LogP contribution is -2.08. The molecule has 2 rings (SSSR count). The van der Waals surface area contributed by atoms with Crippen LogP contribution in [0.25, 0.3) is 0 Å². The van der Waals surface area contributed by atoms with E-state index in [-0.39, 0.29) is 5.91 Å². The minimum Gasteiger partial charge on any atom is -0.455 e. The van der Waals surface area contributed by atoms with Crippen LogP contribution in [-0.4, -0.2) is 10.9 Å². The van der Waals surface area contributed by atoms with Crippen LogP contribution in [0.1, 0.15) is 12.5 Å². The molecule has 4 nitrogen and oxygen atoms in total. The van der Waals surface area contributed by atoms with E-state index in [0.29, 0.717) is 22.2 Å². The van der Waals surface area contributed by atoms with Crippen molar-refractivity contribution < 1.29 is 9.53 Å². The average molecular weight is 286 g/mol. The number of ether oxygens (including phenoxy) is 1. The lowest BCUT2D eigenvalue weighted by molar-refractivity contribution is -0.114.